The number of amides is 1. The summed E-state index contributed by atoms with van der Waals surface area (Å²) in [5.41, 5.74) is 2.65. The number of aromatic carboxylic acids is 1. The normalized spacial score (nSPS) is 15.3. The molecule has 6 nitrogen and oxygen atoms in total. The van der Waals surface area contributed by atoms with E-state index in [2.05, 4.69) is 5.10 Å². The molecule has 2 aromatic carbocycles. The van der Waals surface area contributed by atoms with Crippen LogP contribution >= 0.6 is 0 Å². The van der Waals surface area contributed by atoms with Gasteiger partial charge in [0.05, 0.1) is 29.1 Å². The van der Waals surface area contributed by atoms with E-state index in [1.807, 2.05) is 31.2 Å². The molecule has 0 saturated carbocycles. The molecular formula is C20H18N2O4. The van der Waals surface area contributed by atoms with Crippen LogP contribution in [0.15, 0.2) is 59.2 Å². The first-order valence-electron chi connectivity index (χ1n) is 8.17. The molecule has 132 valence electrons. The zero-order valence-corrected chi connectivity index (χ0v) is 14.5. The van der Waals surface area contributed by atoms with E-state index in [1.54, 1.807) is 25.1 Å². The van der Waals surface area contributed by atoms with Crippen LogP contribution in [0.1, 0.15) is 29.8 Å². The molecule has 0 spiro atoms. The molecule has 3 rings (SSSR count). The lowest BCUT2D eigenvalue weighted by molar-refractivity contribution is -0.114. The minimum atomic E-state index is -1.01. The summed E-state index contributed by atoms with van der Waals surface area (Å²) in [4.78, 5) is 23.7. The first-order chi connectivity index (χ1) is 12.5. The summed E-state index contributed by atoms with van der Waals surface area (Å²) < 4.78 is 5.41. The Hall–Kier alpha value is -3.41. The van der Waals surface area contributed by atoms with Crippen molar-refractivity contribution < 1.29 is 19.4 Å². The van der Waals surface area contributed by atoms with Crippen LogP contribution in [0.2, 0.25) is 0 Å². The molecule has 26 heavy (non-hydrogen) atoms. The number of hydrogen-bond acceptors (Lipinski definition) is 4. The first-order valence-corrected chi connectivity index (χ1v) is 8.17. The van der Waals surface area contributed by atoms with Crippen molar-refractivity contribution in [3.63, 3.8) is 0 Å². The molecule has 0 unspecified atom stereocenters. The standard InChI is InChI=1S/C20H18N2O4/c1-3-26-17-10-4-14(5-11-17)12-18-13(2)21-22(19(18)23)16-8-6-15(7-9-16)20(24)25/h4-12H,3H2,1-2H3,(H,24,25)/b18-12-. The number of ether oxygens (including phenoxy) is 1. The van der Waals surface area contributed by atoms with E-state index in [4.69, 9.17) is 9.84 Å². The molecule has 6 heteroatoms. The van der Waals surface area contributed by atoms with Gasteiger partial charge in [-0.1, -0.05) is 12.1 Å². The molecule has 1 heterocycles. The minimum absolute atomic E-state index is 0.159. The predicted octanol–water partition coefficient (Wildman–Crippen LogP) is 3.59. The zero-order valence-electron chi connectivity index (χ0n) is 14.5. The summed E-state index contributed by atoms with van der Waals surface area (Å²) in [5, 5.41) is 14.5. The highest BCUT2D eigenvalue weighted by molar-refractivity contribution is 6.32. The van der Waals surface area contributed by atoms with E-state index in [9.17, 15) is 9.59 Å². The second-order valence-corrected chi connectivity index (χ2v) is 5.71. The van der Waals surface area contributed by atoms with Gasteiger partial charge >= 0.3 is 5.97 Å². The van der Waals surface area contributed by atoms with E-state index in [0.29, 0.717) is 23.6 Å². The van der Waals surface area contributed by atoms with Crippen molar-refractivity contribution in [2.75, 3.05) is 11.6 Å². The molecule has 1 amide bonds. The van der Waals surface area contributed by atoms with Crippen molar-refractivity contribution >= 4 is 29.4 Å². The second-order valence-electron chi connectivity index (χ2n) is 5.71. The number of hydrogen-bond donors (Lipinski definition) is 1. The summed E-state index contributed by atoms with van der Waals surface area (Å²) in [7, 11) is 0. The lowest BCUT2D eigenvalue weighted by Crippen LogP contribution is -2.21. The monoisotopic (exact) mass is 350 g/mol. The highest BCUT2D eigenvalue weighted by atomic mass is 16.5. The number of carboxylic acid groups (broad SMARTS) is 1. The van der Waals surface area contributed by atoms with Crippen LogP contribution in [0.25, 0.3) is 6.08 Å². The van der Waals surface area contributed by atoms with Crippen molar-refractivity contribution in [3.05, 3.63) is 65.2 Å². The molecule has 1 aliphatic heterocycles. The van der Waals surface area contributed by atoms with Crippen LogP contribution in [-0.2, 0) is 4.79 Å². The average Bonchev–Trinajstić information content (AvgIpc) is 2.92. The Balaban J connectivity index is 1.84. The van der Waals surface area contributed by atoms with Gasteiger partial charge in [-0.15, -0.1) is 0 Å². The van der Waals surface area contributed by atoms with Gasteiger partial charge in [-0.3, -0.25) is 4.79 Å². The third-order valence-corrected chi connectivity index (χ3v) is 3.92. The lowest BCUT2D eigenvalue weighted by atomic mass is 10.1. The van der Waals surface area contributed by atoms with E-state index >= 15 is 0 Å². The summed E-state index contributed by atoms with van der Waals surface area (Å²) in [6.07, 6.45) is 1.78. The van der Waals surface area contributed by atoms with E-state index < -0.39 is 5.97 Å². The maximum absolute atomic E-state index is 12.7. The molecule has 0 atom stereocenters. The van der Waals surface area contributed by atoms with Gasteiger partial charge in [0.15, 0.2) is 0 Å². The maximum atomic E-state index is 12.7. The summed E-state index contributed by atoms with van der Waals surface area (Å²) in [6.45, 7) is 4.29. The van der Waals surface area contributed by atoms with E-state index in [1.165, 1.54) is 17.1 Å². The molecule has 1 aliphatic rings. The fourth-order valence-corrected chi connectivity index (χ4v) is 2.60. The van der Waals surface area contributed by atoms with Crippen molar-refractivity contribution in [2.45, 2.75) is 13.8 Å². The number of anilines is 1. The topological polar surface area (TPSA) is 79.2 Å². The molecule has 0 fully saturated rings. The highest BCUT2D eigenvalue weighted by Crippen LogP contribution is 2.25. The number of benzene rings is 2. The van der Waals surface area contributed by atoms with Crippen LogP contribution in [-0.4, -0.2) is 29.3 Å². The highest BCUT2D eigenvalue weighted by Gasteiger charge is 2.28. The smallest absolute Gasteiger partial charge is 0.335 e. The molecule has 0 saturated heterocycles. The zero-order chi connectivity index (χ0) is 18.7. The SMILES string of the molecule is CCOc1ccc(/C=C2\C(=O)N(c3ccc(C(=O)O)cc3)N=C2C)cc1. The number of carboxylic acids is 1. The third kappa shape index (κ3) is 3.49. The Bertz CT molecular complexity index is 896. The molecule has 1 N–H and O–H groups in total. The fourth-order valence-electron chi connectivity index (χ4n) is 2.60. The van der Waals surface area contributed by atoms with E-state index in [-0.39, 0.29) is 11.5 Å². The van der Waals surface area contributed by atoms with E-state index in [0.717, 1.165) is 11.3 Å². The first kappa shape index (κ1) is 17.4. The van der Waals surface area contributed by atoms with Crippen LogP contribution in [0.5, 0.6) is 5.75 Å². The van der Waals surface area contributed by atoms with Crippen LogP contribution in [0, 0.1) is 0 Å². The van der Waals surface area contributed by atoms with Gasteiger partial charge in [0, 0.05) is 0 Å². The van der Waals surface area contributed by atoms with Gasteiger partial charge in [0.2, 0.25) is 0 Å². The summed E-state index contributed by atoms with van der Waals surface area (Å²) >= 11 is 0. The third-order valence-electron chi connectivity index (χ3n) is 3.92. The Morgan fingerprint density at radius 2 is 1.81 bits per heavy atom. The largest absolute Gasteiger partial charge is 0.494 e. The van der Waals surface area contributed by atoms with Gasteiger partial charge in [-0.2, -0.15) is 10.1 Å². The number of hydrazone groups is 1. The number of nitrogens with zero attached hydrogens (tertiary/aromatic N) is 2. The Morgan fingerprint density at radius 3 is 2.38 bits per heavy atom. The molecule has 0 aliphatic carbocycles. The van der Waals surface area contributed by atoms with Crippen molar-refractivity contribution in [2.24, 2.45) is 5.10 Å². The number of rotatable bonds is 5. The molecule has 2 aromatic rings. The quantitative estimate of drug-likeness (QED) is 0.836. The Labute approximate surface area is 151 Å². The fraction of sp³-hybridized carbons (Fsp3) is 0.150. The molecular weight excluding hydrogens is 332 g/mol. The number of carbonyl (C=O) groups excluding carboxylic acids is 1. The van der Waals surface area contributed by atoms with Gasteiger partial charge in [0.1, 0.15) is 5.75 Å². The number of carbonyl (C=O) groups is 2. The van der Waals surface area contributed by atoms with Gasteiger partial charge in [0.25, 0.3) is 5.91 Å². The Kier molecular flexibility index (Phi) is 4.84. The summed E-state index contributed by atoms with van der Waals surface area (Å²) in [5.74, 6) is -0.488. The lowest BCUT2D eigenvalue weighted by Gasteiger charge is -2.11. The molecule has 0 radical (unpaired) electrons. The minimum Gasteiger partial charge on any atom is -0.494 e. The van der Waals surface area contributed by atoms with Crippen molar-refractivity contribution in [1.82, 2.24) is 0 Å². The molecule has 0 bridgehead atoms. The average molecular weight is 350 g/mol. The summed E-state index contributed by atoms with van der Waals surface area (Å²) in [6, 6.07) is 13.5. The molecule has 0 aromatic heterocycles. The van der Waals surface area contributed by atoms with Crippen LogP contribution in [0.3, 0.4) is 0 Å². The van der Waals surface area contributed by atoms with Gasteiger partial charge < -0.3 is 9.84 Å². The van der Waals surface area contributed by atoms with Gasteiger partial charge in [-0.05, 0) is 61.9 Å². The van der Waals surface area contributed by atoms with Crippen LogP contribution < -0.4 is 9.75 Å². The van der Waals surface area contributed by atoms with Crippen molar-refractivity contribution in [1.29, 1.82) is 0 Å². The maximum Gasteiger partial charge on any atom is 0.335 e. The second kappa shape index (κ2) is 7.23. The van der Waals surface area contributed by atoms with Gasteiger partial charge in [-0.25, -0.2) is 4.79 Å². The predicted molar refractivity (Wildman–Crippen MR) is 99.6 cm³/mol. The van der Waals surface area contributed by atoms with Crippen molar-refractivity contribution in [3.8, 4) is 5.75 Å². The van der Waals surface area contributed by atoms with Crippen LogP contribution in [0.4, 0.5) is 5.69 Å². The Morgan fingerprint density at radius 1 is 1.15 bits per heavy atom.